The Morgan fingerprint density at radius 3 is 2.52 bits per heavy atom. The minimum absolute atomic E-state index is 0.0985. The van der Waals surface area contributed by atoms with Gasteiger partial charge in [-0.05, 0) is 18.6 Å². The lowest BCUT2D eigenvalue weighted by Gasteiger charge is -2.19. The van der Waals surface area contributed by atoms with E-state index in [0.717, 1.165) is 18.8 Å². The van der Waals surface area contributed by atoms with Crippen LogP contribution >= 0.6 is 11.6 Å². The van der Waals surface area contributed by atoms with E-state index in [-0.39, 0.29) is 10.4 Å². The number of aromatic nitrogens is 2. The number of halogens is 2. The molecule has 0 aliphatic rings. The normalized spacial score (nSPS) is 11.9. The van der Waals surface area contributed by atoms with Crippen molar-refractivity contribution < 1.29 is 4.39 Å². The largest absolute Gasteiger partial charge is 0.383 e. The fraction of sp³-hybridized carbons (Fsp3) is 0.438. The van der Waals surface area contributed by atoms with Crippen LogP contribution in [0.25, 0.3) is 11.3 Å². The minimum atomic E-state index is -0.462. The third-order valence-corrected chi connectivity index (χ3v) is 3.62. The van der Waals surface area contributed by atoms with Crippen molar-refractivity contribution in [3.05, 3.63) is 34.9 Å². The van der Waals surface area contributed by atoms with Crippen molar-refractivity contribution >= 4 is 17.4 Å². The molecule has 3 nitrogen and oxygen atoms in total. The maximum atomic E-state index is 13.7. The Morgan fingerprint density at radius 1 is 1.33 bits per heavy atom. The van der Waals surface area contributed by atoms with Crippen LogP contribution in [0, 0.1) is 5.82 Å². The van der Waals surface area contributed by atoms with Crippen LogP contribution in [-0.4, -0.2) is 9.55 Å². The highest BCUT2D eigenvalue weighted by molar-refractivity contribution is 6.30. The number of nitrogens with two attached hydrogens (primary N) is 1. The van der Waals surface area contributed by atoms with Crippen LogP contribution in [0.2, 0.25) is 5.02 Å². The molecule has 2 rings (SSSR count). The average Bonchev–Trinajstić information content (AvgIpc) is 2.71. The predicted molar refractivity (Wildman–Crippen MR) is 86.0 cm³/mol. The Bertz CT molecular complexity index is 656. The molecule has 0 aliphatic carbocycles. The Labute approximate surface area is 129 Å². The average molecular weight is 310 g/mol. The number of hydrogen-bond donors (Lipinski definition) is 1. The molecule has 0 saturated carbocycles. The summed E-state index contributed by atoms with van der Waals surface area (Å²) in [4.78, 5) is 4.67. The molecule has 0 aliphatic heterocycles. The monoisotopic (exact) mass is 309 g/mol. The fourth-order valence-electron chi connectivity index (χ4n) is 2.34. The van der Waals surface area contributed by atoms with Crippen LogP contribution in [0.3, 0.4) is 0 Å². The summed E-state index contributed by atoms with van der Waals surface area (Å²) in [5, 5.41) is 0.0985. The summed E-state index contributed by atoms with van der Waals surface area (Å²) in [6.07, 6.45) is 0.956. The molecule has 0 saturated heterocycles. The summed E-state index contributed by atoms with van der Waals surface area (Å²) in [6.45, 7) is 9.16. The Hall–Kier alpha value is -1.55. The summed E-state index contributed by atoms with van der Waals surface area (Å²) in [5.74, 6) is 1.02. The van der Waals surface area contributed by atoms with Crippen LogP contribution in [0.4, 0.5) is 10.2 Å². The molecule has 1 aromatic heterocycles. The SMILES string of the molecule is CCCn1c(C(C)(C)C)nc(-c2ccc(Cl)c(F)c2)c1N. The predicted octanol–water partition coefficient (Wildman–Crippen LogP) is 4.63. The molecule has 2 N–H and O–H groups in total. The molecule has 0 unspecified atom stereocenters. The maximum Gasteiger partial charge on any atom is 0.142 e. The summed E-state index contributed by atoms with van der Waals surface area (Å²) in [5.41, 5.74) is 7.38. The zero-order valence-electron chi connectivity index (χ0n) is 12.9. The molecule has 21 heavy (non-hydrogen) atoms. The quantitative estimate of drug-likeness (QED) is 0.898. The van der Waals surface area contributed by atoms with Crippen LogP contribution in [-0.2, 0) is 12.0 Å². The van der Waals surface area contributed by atoms with Gasteiger partial charge in [-0.2, -0.15) is 0 Å². The van der Waals surface area contributed by atoms with Gasteiger partial charge in [-0.1, -0.05) is 45.4 Å². The second kappa shape index (κ2) is 5.68. The van der Waals surface area contributed by atoms with E-state index < -0.39 is 5.82 Å². The van der Waals surface area contributed by atoms with Gasteiger partial charge >= 0.3 is 0 Å². The molecular weight excluding hydrogens is 289 g/mol. The molecule has 2 aromatic rings. The third-order valence-electron chi connectivity index (χ3n) is 3.32. The van der Waals surface area contributed by atoms with E-state index in [2.05, 4.69) is 32.7 Å². The first-order valence-electron chi connectivity index (χ1n) is 7.07. The number of rotatable bonds is 3. The van der Waals surface area contributed by atoms with E-state index in [9.17, 15) is 4.39 Å². The highest BCUT2D eigenvalue weighted by atomic mass is 35.5. The molecule has 0 atom stereocenters. The van der Waals surface area contributed by atoms with Gasteiger partial charge in [-0.25, -0.2) is 9.37 Å². The summed E-state index contributed by atoms with van der Waals surface area (Å²) in [6, 6.07) is 4.65. The lowest BCUT2D eigenvalue weighted by Crippen LogP contribution is -2.19. The van der Waals surface area contributed by atoms with Gasteiger partial charge in [0.1, 0.15) is 23.2 Å². The van der Waals surface area contributed by atoms with Crippen molar-refractivity contribution in [2.45, 2.75) is 46.1 Å². The van der Waals surface area contributed by atoms with Crippen molar-refractivity contribution in [1.82, 2.24) is 9.55 Å². The van der Waals surface area contributed by atoms with E-state index in [1.807, 2.05) is 4.57 Å². The number of benzene rings is 1. The van der Waals surface area contributed by atoms with Gasteiger partial charge in [-0.3, -0.25) is 0 Å². The number of nitrogen functional groups attached to an aromatic ring is 1. The lowest BCUT2D eigenvalue weighted by atomic mass is 9.95. The van der Waals surface area contributed by atoms with Crippen molar-refractivity contribution in [3.8, 4) is 11.3 Å². The van der Waals surface area contributed by atoms with Crippen molar-refractivity contribution in [2.75, 3.05) is 5.73 Å². The highest BCUT2D eigenvalue weighted by Gasteiger charge is 2.25. The molecule has 0 amide bonds. The second-order valence-electron chi connectivity index (χ2n) is 6.20. The Kier molecular flexibility index (Phi) is 4.28. The first kappa shape index (κ1) is 15.8. The molecule has 5 heteroatoms. The number of hydrogen-bond acceptors (Lipinski definition) is 2. The highest BCUT2D eigenvalue weighted by Crippen LogP contribution is 2.33. The molecule has 0 radical (unpaired) electrons. The van der Waals surface area contributed by atoms with Crippen LogP contribution < -0.4 is 5.73 Å². The van der Waals surface area contributed by atoms with E-state index >= 15 is 0 Å². The molecule has 1 heterocycles. The van der Waals surface area contributed by atoms with Gasteiger partial charge in [0.15, 0.2) is 0 Å². The molecule has 0 spiro atoms. The van der Waals surface area contributed by atoms with Gasteiger partial charge in [0.25, 0.3) is 0 Å². The van der Waals surface area contributed by atoms with Crippen LogP contribution in [0.1, 0.15) is 39.9 Å². The molecule has 0 fully saturated rings. The van der Waals surface area contributed by atoms with Crippen molar-refractivity contribution in [1.29, 1.82) is 0 Å². The second-order valence-corrected chi connectivity index (χ2v) is 6.61. The first-order valence-corrected chi connectivity index (χ1v) is 7.45. The van der Waals surface area contributed by atoms with Crippen LogP contribution in [0.15, 0.2) is 18.2 Å². The minimum Gasteiger partial charge on any atom is -0.383 e. The van der Waals surface area contributed by atoms with Gasteiger partial charge in [0, 0.05) is 17.5 Å². The molecule has 0 bridgehead atoms. The zero-order valence-corrected chi connectivity index (χ0v) is 13.6. The van der Waals surface area contributed by atoms with E-state index in [4.69, 9.17) is 17.3 Å². The van der Waals surface area contributed by atoms with Gasteiger partial charge < -0.3 is 10.3 Å². The molecular formula is C16H21ClFN3. The van der Waals surface area contributed by atoms with E-state index in [1.165, 1.54) is 12.1 Å². The number of anilines is 1. The van der Waals surface area contributed by atoms with Crippen molar-refractivity contribution in [3.63, 3.8) is 0 Å². The zero-order chi connectivity index (χ0) is 15.8. The van der Waals surface area contributed by atoms with Crippen molar-refractivity contribution in [2.24, 2.45) is 0 Å². The molecule has 114 valence electrons. The summed E-state index contributed by atoms with van der Waals surface area (Å²) in [7, 11) is 0. The third kappa shape index (κ3) is 3.05. The first-order chi connectivity index (χ1) is 9.75. The topological polar surface area (TPSA) is 43.8 Å². The van der Waals surface area contributed by atoms with Crippen LogP contribution in [0.5, 0.6) is 0 Å². The van der Waals surface area contributed by atoms with Gasteiger partial charge in [0.2, 0.25) is 0 Å². The Morgan fingerprint density at radius 2 is 2.00 bits per heavy atom. The summed E-state index contributed by atoms with van der Waals surface area (Å²) >= 11 is 5.73. The standard InChI is InChI=1S/C16H21ClFN3/c1-5-8-21-14(19)13(20-15(21)16(2,3)4)10-6-7-11(17)12(18)9-10/h6-7,9H,5,8,19H2,1-4H3. The number of nitrogens with zero attached hydrogens (tertiary/aromatic N) is 2. The fourth-order valence-corrected chi connectivity index (χ4v) is 2.46. The van der Waals surface area contributed by atoms with Gasteiger partial charge in [0.05, 0.1) is 5.02 Å². The maximum absolute atomic E-state index is 13.7. The molecule has 1 aromatic carbocycles. The van der Waals surface area contributed by atoms with Gasteiger partial charge in [-0.15, -0.1) is 0 Å². The van der Waals surface area contributed by atoms with E-state index in [0.29, 0.717) is 17.1 Å². The smallest absolute Gasteiger partial charge is 0.142 e. The summed E-state index contributed by atoms with van der Waals surface area (Å²) < 4.78 is 15.7. The lowest BCUT2D eigenvalue weighted by molar-refractivity contribution is 0.498. The van der Waals surface area contributed by atoms with E-state index in [1.54, 1.807) is 6.07 Å². The number of imidazole rings is 1. The Balaban J connectivity index is 2.61.